The third-order valence-corrected chi connectivity index (χ3v) is 8.04. The second-order valence-corrected chi connectivity index (χ2v) is 9.85. The minimum atomic E-state index is -1.85. The lowest BCUT2D eigenvalue weighted by atomic mass is 9.91. The van der Waals surface area contributed by atoms with Gasteiger partial charge in [0.25, 0.3) is 5.91 Å². The number of carbonyl (C=O) groups is 2. The number of benzene rings is 3. The Morgan fingerprint density at radius 3 is 2.43 bits per heavy atom. The Morgan fingerprint density at radius 1 is 1.03 bits per heavy atom. The molecule has 0 unspecified atom stereocenters. The number of para-hydroxylation sites is 1. The number of nitrogens with zero attached hydrogens (tertiary/aromatic N) is 2. The fraction of sp³-hybridized carbons (Fsp3) is 0.357. The number of amides is 2. The molecule has 1 saturated heterocycles. The largest absolute Gasteiger partial charge is 0.386 e. The van der Waals surface area contributed by atoms with Crippen molar-refractivity contribution >= 4 is 28.3 Å². The van der Waals surface area contributed by atoms with Crippen molar-refractivity contribution in [1.82, 2.24) is 10.2 Å². The Hall–Kier alpha value is -3.26. The van der Waals surface area contributed by atoms with Gasteiger partial charge in [0.1, 0.15) is 0 Å². The molecule has 3 N–H and O–H groups in total. The Morgan fingerprint density at radius 2 is 1.71 bits per heavy atom. The van der Waals surface area contributed by atoms with Crippen LogP contribution in [0.3, 0.4) is 0 Å². The van der Waals surface area contributed by atoms with Crippen LogP contribution in [0.1, 0.15) is 48.1 Å². The molecule has 0 spiro atoms. The zero-order chi connectivity index (χ0) is 24.3. The molecule has 7 nitrogen and oxygen atoms in total. The number of anilines is 1. The summed E-state index contributed by atoms with van der Waals surface area (Å²) in [4.78, 5) is 29.7. The van der Waals surface area contributed by atoms with Gasteiger partial charge in [-0.15, -0.1) is 0 Å². The molecule has 180 valence electrons. The van der Waals surface area contributed by atoms with E-state index in [0.717, 1.165) is 35.0 Å². The average Bonchev–Trinajstić information content (AvgIpc) is 3.29. The van der Waals surface area contributed by atoms with Crippen LogP contribution < -0.4 is 10.2 Å². The van der Waals surface area contributed by atoms with Crippen molar-refractivity contribution in [2.75, 3.05) is 25.0 Å². The molecular formula is C28H29N3O4. The number of rotatable bonds is 4. The number of hydrogen-bond acceptors (Lipinski definition) is 5. The van der Waals surface area contributed by atoms with Crippen LogP contribution in [0.25, 0.3) is 10.8 Å². The molecule has 1 fully saturated rings. The second-order valence-electron chi connectivity index (χ2n) is 9.85. The van der Waals surface area contributed by atoms with Crippen LogP contribution in [-0.4, -0.2) is 53.1 Å². The van der Waals surface area contributed by atoms with Crippen LogP contribution in [0.2, 0.25) is 0 Å². The molecule has 35 heavy (non-hydrogen) atoms. The lowest BCUT2D eigenvalue weighted by Gasteiger charge is -2.41. The van der Waals surface area contributed by atoms with Gasteiger partial charge in [0.15, 0.2) is 5.60 Å². The number of carbonyl (C=O) groups excluding carboxylic acids is 2. The van der Waals surface area contributed by atoms with Gasteiger partial charge >= 0.3 is 0 Å². The zero-order valence-corrected chi connectivity index (χ0v) is 19.6. The lowest BCUT2D eigenvalue weighted by molar-refractivity contribution is -0.143. The van der Waals surface area contributed by atoms with Gasteiger partial charge in [0, 0.05) is 31.7 Å². The van der Waals surface area contributed by atoms with Gasteiger partial charge in [-0.2, -0.15) is 0 Å². The molecule has 3 aromatic carbocycles. The minimum absolute atomic E-state index is 0.0877. The van der Waals surface area contributed by atoms with Gasteiger partial charge in [-0.25, -0.2) is 0 Å². The van der Waals surface area contributed by atoms with Crippen molar-refractivity contribution in [2.45, 2.75) is 43.1 Å². The molecule has 0 radical (unpaired) electrons. The first-order valence-corrected chi connectivity index (χ1v) is 12.2. The molecule has 3 aliphatic rings. The SMILES string of the molecule is CNC(=O)C[C@@]1(O)C(=O)N(C2CCN([C@@H]3c4cccc5cccc(c45)[C@H]3O)CC2)c2ccccc21. The molecule has 2 heterocycles. The molecule has 0 bridgehead atoms. The Bertz CT molecular complexity index is 1330. The van der Waals surface area contributed by atoms with E-state index >= 15 is 0 Å². The van der Waals surface area contributed by atoms with E-state index in [1.165, 1.54) is 7.05 Å². The summed E-state index contributed by atoms with van der Waals surface area (Å²) < 4.78 is 0. The maximum Gasteiger partial charge on any atom is 0.264 e. The normalized spacial score (nSPS) is 26.4. The topological polar surface area (TPSA) is 93.1 Å². The first-order valence-electron chi connectivity index (χ1n) is 12.2. The van der Waals surface area contributed by atoms with Crippen molar-refractivity contribution < 1.29 is 19.8 Å². The Balaban J connectivity index is 1.25. The monoisotopic (exact) mass is 471 g/mol. The molecule has 0 saturated carbocycles. The standard InChI is InChI=1S/C28H29N3O4/c1-29-23(32)16-28(35)21-10-2-3-11-22(21)31(27(28)34)18-12-14-30(15-13-18)25-19-8-4-6-17-7-5-9-20(24(17)19)26(25)33/h2-11,18,25-26,33,35H,12-16H2,1H3,(H,29,32)/t25-,26-,28+/m1/s1. The number of piperidine rings is 1. The summed E-state index contributed by atoms with van der Waals surface area (Å²) in [7, 11) is 1.50. The third-order valence-electron chi connectivity index (χ3n) is 8.04. The maximum absolute atomic E-state index is 13.5. The highest BCUT2D eigenvalue weighted by Crippen LogP contribution is 2.49. The molecule has 0 aromatic heterocycles. The molecule has 3 atom stereocenters. The molecular weight excluding hydrogens is 442 g/mol. The summed E-state index contributed by atoms with van der Waals surface area (Å²) in [5.74, 6) is -0.810. The summed E-state index contributed by atoms with van der Waals surface area (Å²) in [6, 6.07) is 19.4. The molecule has 3 aromatic rings. The lowest BCUT2D eigenvalue weighted by Crippen LogP contribution is -2.51. The summed E-state index contributed by atoms with van der Waals surface area (Å²) >= 11 is 0. The predicted molar refractivity (Wildman–Crippen MR) is 133 cm³/mol. The van der Waals surface area contributed by atoms with E-state index in [-0.39, 0.29) is 24.4 Å². The molecule has 6 rings (SSSR count). The van der Waals surface area contributed by atoms with E-state index < -0.39 is 17.6 Å². The van der Waals surface area contributed by atoms with Crippen molar-refractivity contribution in [1.29, 1.82) is 0 Å². The number of likely N-dealkylation sites (tertiary alicyclic amines) is 1. The highest BCUT2D eigenvalue weighted by molar-refractivity contribution is 6.09. The smallest absolute Gasteiger partial charge is 0.264 e. The first kappa shape index (κ1) is 22.2. The van der Waals surface area contributed by atoms with Crippen molar-refractivity contribution in [3.05, 3.63) is 77.4 Å². The predicted octanol–water partition coefficient (Wildman–Crippen LogP) is 2.76. The van der Waals surface area contributed by atoms with Crippen LogP contribution >= 0.6 is 0 Å². The van der Waals surface area contributed by atoms with Gasteiger partial charge in [-0.3, -0.25) is 14.5 Å². The van der Waals surface area contributed by atoms with E-state index in [4.69, 9.17) is 0 Å². The van der Waals surface area contributed by atoms with Gasteiger partial charge in [-0.05, 0) is 40.8 Å². The first-order chi connectivity index (χ1) is 16.9. The van der Waals surface area contributed by atoms with Crippen molar-refractivity contribution in [2.24, 2.45) is 0 Å². The van der Waals surface area contributed by atoms with E-state index in [2.05, 4.69) is 28.4 Å². The van der Waals surface area contributed by atoms with Gasteiger partial charge in [0.2, 0.25) is 5.91 Å². The van der Waals surface area contributed by atoms with Crippen LogP contribution in [-0.2, 0) is 15.2 Å². The quantitative estimate of drug-likeness (QED) is 0.544. The zero-order valence-electron chi connectivity index (χ0n) is 19.6. The number of aliphatic hydroxyl groups is 2. The Labute approximate surface area is 204 Å². The van der Waals surface area contributed by atoms with E-state index in [9.17, 15) is 19.8 Å². The molecule has 2 amide bonds. The summed E-state index contributed by atoms with van der Waals surface area (Å²) in [5.41, 5.74) is 1.46. The van der Waals surface area contributed by atoms with Gasteiger partial charge in [-0.1, -0.05) is 54.6 Å². The number of fused-ring (bicyclic) bond motifs is 1. The third kappa shape index (κ3) is 3.22. The van der Waals surface area contributed by atoms with E-state index in [0.29, 0.717) is 24.1 Å². The molecule has 2 aliphatic heterocycles. The fourth-order valence-electron chi connectivity index (χ4n) is 6.36. The fourth-order valence-corrected chi connectivity index (χ4v) is 6.36. The Kier molecular flexibility index (Phi) is 5.18. The van der Waals surface area contributed by atoms with Crippen molar-refractivity contribution in [3.63, 3.8) is 0 Å². The van der Waals surface area contributed by atoms with Crippen LogP contribution in [0.15, 0.2) is 60.7 Å². The highest BCUT2D eigenvalue weighted by Gasteiger charge is 2.53. The molecule has 1 aliphatic carbocycles. The van der Waals surface area contributed by atoms with Crippen LogP contribution in [0.5, 0.6) is 0 Å². The van der Waals surface area contributed by atoms with Crippen molar-refractivity contribution in [3.8, 4) is 0 Å². The maximum atomic E-state index is 13.5. The highest BCUT2D eigenvalue weighted by atomic mass is 16.3. The second kappa shape index (κ2) is 8.16. The van der Waals surface area contributed by atoms with Gasteiger partial charge in [0.05, 0.1) is 24.3 Å². The summed E-state index contributed by atoms with van der Waals surface area (Å²) in [6.45, 7) is 1.44. The number of aliphatic hydroxyl groups excluding tert-OH is 1. The van der Waals surface area contributed by atoms with Crippen LogP contribution in [0, 0.1) is 0 Å². The van der Waals surface area contributed by atoms with Crippen LogP contribution in [0.4, 0.5) is 5.69 Å². The summed E-state index contributed by atoms with van der Waals surface area (Å²) in [5, 5.41) is 27.4. The number of hydrogen-bond donors (Lipinski definition) is 3. The summed E-state index contributed by atoms with van der Waals surface area (Å²) in [6.07, 6.45) is 0.544. The van der Waals surface area contributed by atoms with E-state index in [1.807, 2.05) is 30.3 Å². The molecule has 7 heteroatoms. The average molecular weight is 472 g/mol. The van der Waals surface area contributed by atoms with Gasteiger partial charge < -0.3 is 20.4 Å². The minimum Gasteiger partial charge on any atom is -0.386 e. The number of nitrogens with one attached hydrogen (secondary N) is 1. The van der Waals surface area contributed by atoms with E-state index in [1.54, 1.807) is 17.0 Å².